The number of halogens is 2. The quantitative estimate of drug-likeness (QED) is 0.804. The molecule has 2 aromatic rings. The van der Waals surface area contributed by atoms with Crippen LogP contribution in [-0.4, -0.2) is 46.0 Å². The Bertz CT molecular complexity index is 803. The average molecular weight is 379 g/mol. The monoisotopic (exact) mass is 379 g/mol. The number of hydrogen-bond acceptors (Lipinski definition) is 4. The zero-order chi connectivity index (χ0) is 18.1. The minimum atomic E-state index is -0.442. The number of aryl methyl sites for hydroxylation is 1. The van der Waals surface area contributed by atoms with Crippen LogP contribution in [0.4, 0.5) is 8.78 Å². The van der Waals surface area contributed by atoms with Crippen molar-refractivity contribution in [2.24, 2.45) is 0 Å². The number of aromatic nitrogens is 2. The highest BCUT2D eigenvalue weighted by molar-refractivity contribution is 7.99. The van der Waals surface area contributed by atoms with E-state index in [9.17, 15) is 13.6 Å². The van der Waals surface area contributed by atoms with Gasteiger partial charge in [0.25, 0.3) is 5.91 Å². The van der Waals surface area contributed by atoms with Crippen LogP contribution in [-0.2, 0) is 6.54 Å². The van der Waals surface area contributed by atoms with Crippen molar-refractivity contribution in [2.45, 2.75) is 24.6 Å². The Morgan fingerprint density at radius 1 is 1.23 bits per heavy atom. The van der Waals surface area contributed by atoms with Crippen LogP contribution in [0.25, 0.3) is 0 Å². The number of amides is 1. The van der Waals surface area contributed by atoms with Crippen molar-refractivity contribution >= 4 is 17.7 Å². The van der Waals surface area contributed by atoms with Crippen molar-refractivity contribution in [3.05, 3.63) is 47.2 Å². The fraction of sp³-hybridized carbons (Fsp3) is 0.444. The molecule has 0 radical (unpaired) electrons. The molecule has 1 unspecified atom stereocenters. The van der Waals surface area contributed by atoms with Crippen LogP contribution >= 0.6 is 11.8 Å². The molecule has 26 heavy (non-hydrogen) atoms. The first-order valence-corrected chi connectivity index (χ1v) is 9.73. The molecule has 2 aliphatic rings. The van der Waals surface area contributed by atoms with E-state index >= 15 is 0 Å². The molecule has 5 nitrogen and oxygen atoms in total. The predicted molar refractivity (Wildman–Crippen MR) is 94.4 cm³/mol. The van der Waals surface area contributed by atoms with E-state index in [2.05, 4.69) is 5.10 Å². The van der Waals surface area contributed by atoms with Crippen molar-refractivity contribution in [2.75, 3.05) is 25.4 Å². The van der Waals surface area contributed by atoms with Crippen molar-refractivity contribution in [3.63, 3.8) is 0 Å². The summed E-state index contributed by atoms with van der Waals surface area (Å²) in [5.41, 5.74) is 0.748. The van der Waals surface area contributed by atoms with Gasteiger partial charge in [0.2, 0.25) is 5.88 Å². The summed E-state index contributed by atoms with van der Waals surface area (Å²) < 4.78 is 34.8. The van der Waals surface area contributed by atoms with Crippen LogP contribution < -0.4 is 4.74 Å². The highest BCUT2D eigenvalue weighted by atomic mass is 32.2. The molecule has 0 aliphatic carbocycles. The lowest BCUT2D eigenvalue weighted by Gasteiger charge is -2.19. The molecule has 8 heteroatoms. The summed E-state index contributed by atoms with van der Waals surface area (Å²) in [6.45, 7) is 2.43. The van der Waals surface area contributed by atoms with Crippen molar-refractivity contribution in [1.82, 2.24) is 14.7 Å². The van der Waals surface area contributed by atoms with E-state index in [0.29, 0.717) is 49.0 Å². The third-order valence-electron chi connectivity index (χ3n) is 4.66. The maximum absolute atomic E-state index is 14.1. The fourth-order valence-corrected chi connectivity index (χ4v) is 4.56. The van der Waals surface area contributed by atoms with Crippen molar-refractivity contribution in [1.29, 1.82) is 0 Å². The summed E-state index contributed by atoms with van der Waals surface area (Å²) in [6, 6.07) is 5.22. The lowest BCUT2D eigenvalue weighted by atomic mass is 10.1. The van der Waals surface area contributed by atoms with Crippen LogP contribution in [0.5, 0.6) is 5.88 Å². The fourth-order valence-electron chi connectivity index (χ4n) is 3.32. The lowest BCUT2D eigenvalue weighted by Crippen LogP contribution is -2.33. The van der Waals surface area contributed by atoms with Gasteiger partial charge in [-0.3, -0.25) is 4.79 Å². The second-order valence-electron chi connectivity index (χ2n) is 6.40. The van der Waals surface area contributed by atoms with Gasteiger partial charge in [0, 0.05) is 48.7 Å². The lowest BCUT2D eigenvalue weighted by molar-refractivity contribution is 0.0759. The predicted octanol–water partition coefficient (Wildman–Crippen LogP) is 3.26. The summed E-state index contributed by atoms with van der Waals surface area (Å²) >= 11 is 1.55. The maximum Gasteiger partial charge on any atom is 0.274 e. The number of benzene rings is 1. The van der Waals surface area contributed by atoms with E-state index in [1.54, 1.807) is 27.4 Å². The first kappa shape index (κ1) is 17.3. The van der Waals surface area contributed by atoms with E-state index in [1.165, 1.54) is 6.07 Å². The Balaban J connectivity index is 1.47. The van der Waals surface area contributed by atoms with Gasteiger partial charge in [-0.25, -0.2) is 13.5 Å². The van der Waals surface area contributed by atoms with E-state index < -0.39 is 11.6 Å². The molecule has 0 spiro atoms. The molecule has 1 fully saturated rings. The van der Waals surface area contributed by atoms with Crippen molar-refractivity contribution in [3.8, 4) is 5.88 Å². The van der Waals surface area contributed by atoms with Gasteiger partial charge in [-0.2, -0.15) is 16.9 Å². The van der Waals surface area contributed by atoms with Gasteiger partial charge in [-0.1, -0.05) is 0 Å². The zero-order valence-electron chi connectivity index (χ0n) is 14.2. The number of carbonyl (C=O) groups is 1. The Labute approximate surface area is 154 Å². The Hall–Kier alpha value is -2.09. The third kappa shape index (κ3) is 3.42. The van der Waals surface area contributed by atoms with Crippen molar-refractivity contribution < 1.29 is 18.3 Å². The van der Waals surface area contributed by atoms with Gasteiger partial charge in [0.1, 0.15) is 11.6 Å². The molecule has 1 atom stereocenters. The number of thioether (sulfide) groups is 1. The highest BCUT2D eigenvalue weighted by Crippen LogP contribution is 2.36. The summed E-state index contributed by atoms with van der Waals surface area (Å²) in [4.78, 5) is 14.5. The minimum absolute atomic E-state index is 0.142. The second kappa shape index (κ2) is 7.26. The molecule has 1 aromatic carbocycles. The average Bonchev–Trinajstić information content (AvgIpc) is 2.93. The number of fused-ring (bicyclic) bond motifs is 1. The third-order valence-corrected chi connectivity index (χ3v) is 5.97. The molecule has 4 rings (SSSR count). The van der Waals surface area contributed by atoms with Gasteiger partial charge in [0.05, 0.1) is 6.61 Å². The Morgan fingerprint density at radius 3 is 2.96 bits per heavy atom. The van der Waals surface area contributed by atoms with Crippen LogP contribution in [0.2, 0.25) is 0 Å². The van der Waals surface area contributed by atoms with Crippen LogP contribution in [0, 0.1) is 11.6 Å². The van der Waals surface area contributed by atoms with Crippen LogP contribution in [0.3, 0.4) is 0 Å². The Morgan fingerprint density at radius 2 is 2.12 bits per heavy atom. The smallest absolute Gasteiger partial charge is 0.274 e. The molecule has 1 saturated heterocycles. The van der Waals surface area contributed by atoms with E-state index in [0.717, 1.165) is 25.1 Å². The summed E-state index contributed by atoms with van der Waals surface area (Å²) in [7, 11) is 0. The standard InChI is InChI=1S/C18H19F2N3O2S/c19-12-2-3-14(20)13(10-12)16-4-6-22(7-9-26-16)18(24)15-11-17-23(21-15)5-1-8-25-17/h2-3,10-11,16H,1,4-9H2. The maximum atomic E-state index is 14.1. The molecular weight excluding hydrogens is 360 g/mol. The minimum Gasteiger partial charge on any atom is -0.478 e. The van der Waals surface area contributed by atoms with E-state index in [1.807, 2.05) is 0 Å². The van der Waals surface area contributed by atoms with E-state index in [4.69, 9.17) is 4.74 Å². The molecule has 0 bridgehead atoms. The second-order valence-corrected chi connectivity index (χ2v) is 7.71. The van der Waals surface area contributed by atoms with E-state index in [-0.39, 0.29) is 11.2 Å². The summed E-state index contributed by atoms with van der Waals surface area (Å²) in [6.07, 6.45) is 1.45. The van der Waals surface area contributed by atoms with Gasteiger partial charge < -0.3 is 9.64 Å². The first-order chi connectivity index (χ1) is 12.6. The summed E-state index contributed by atoms with van der Waals surface area (Å²) in [5.74, 6) is 0.307. The Kier molecular flexibility index (Phi) is 4.84. The number of ether oxygens (including phenoxy) is 1. The normalized spacial score (nSPS) is 20.2. The summed E-state index contributed by atoms with van der Waals surface area (Å²) in [5, 5.41) is 4.18. The van der Waals surface area contributed by atoms with Gasteiger partial charge >= 0.3 is 0 Å². The SMILES string of the molecule is O=C(c1cc2n(n1)CCCO2)N1CCSC(c2cc(F)ccc2F)CC1. The number of hydrogen-bond donors (Lipinski definition) is 0. The largest absolute Gasteiger partial charge is 0.478 e. The van der Waals surface area contributed by atoms with Gasteiger partial charge in [0.15, 0.2) is 5.69 Å². The molecule has 3 heterocycles. The molecular formula is C18H19F2N3O2S. The number of rotatable bonds is 2. The van der Waals surface area contributed by atoms with Gasteiger partial charge in [-0.05, 0) is 24.6 Å². The van der Waals surface area contributed by atoms with Gasteiger partial charge in [-0.15, -0.1) is 0 Å². The molecule has 0 saturated carbocycles. The van der Waals surface area contributed by atoms with Crippen LogP contribution in [0.1, 0.15) is 34.1 Å². The molecule has 1 aromatic heterocycles. The first-order valence-electron chi connectivity index (χ1n) is 8.68. The molecule has 2 aliphatic heterocycles. The molecule has 138 valence electrons. The topological polar surface area (TPSA) is 47.4 Å². The van der Waals surface area contributed by atoms with Crippen LogP contribution in [0.15, 0.2) is 24.3 Å². The molecule has 1 amide bonds. The zero-order valence-corrected chi connectivity index (χ0v) is 15.0. The highest BCUT2D eigenvalue weighted by Gasteiger charge is 2.27. The number of nitrogens with zero attached hydrogens (tertiary/aromatic N) is 3. The molecule has 0 N–H and O–H groups in total. The number of carbonyl (C=O) groups excluding carboxylic acids is 1.